The fourth-order valence-electron chi connectivity index (χ4n) is 1.84. The van der Waals surface area contributed by atoms with Crippen LogP contribution in [-0.2, 0) is 4.79 Å². The molecule has 0 unspecified atom stereocenters. The number of nitrogens with zero attached hydrogens (tertiary/aromatic N) is 1. The molecule has 0 aliphatic carbocycles. The van der Waals surface area contributed by atoms with Crippen LogP contribution in [0, 0.1) is 6.92 Å². The van der Waals surface area contributed by atoms with E-state index in [1.165, 1.54) is 0 Å². The van der Waals surface area contributed by atoms with E-state index in [4.69, 9.17) is 5.11 Å². The Kier molecular flexibility index (Phi) is 3.37. The lowest BCUT2D eigenvalue weighted by molar-refractivity contribution is -0.136. The molecule has 2 aromatic rings. The molecule has 0 spiro atoms. The Hall–Kier alpha value is -2.23. The summed E-state index contributed by atoms with van der Waals surface area (Å²) in [5, 5.41) is 9.57. The number of carboxylic acids is 1. The molecule has 1 N–H and O–H groups in total. The monoisotopic (exact) mass is 243 g/mol. The number of Topliss-reactive ketones (excluding diaryl/α,β-unsaturated/α-hetero) is 1. The van der Waals surface area contributed by atoms with E-state index in [9.17, 15) is 9.59 Å². The number of carbonyl (C=O) groups is 2. The van der Waals surface area contributed by atoms with Crippen molar-refractivity contribution in [3.63, 3.8) is 0 Å². The third kappa shape index (κ3) is 2.53. The summed E-state index contributed by atoms with van der Waals surface area (Å²) in [4.78, 5) is 26.5. The average Bonchev–Trinajstić information content (AvgIpc) is 2.36. The zero-order valence-corrected chi connectivity index (χ0v) is 10.0. The largest absolute Gasteiger partial charge is 0.481 e. The molecule has 0 aliphatic heterocycles. The second-order valence-corrected chi connectivity index (χ2v) is 4.16. The van der Waals surface area contributed by atoms with Crippen LogP contribution in [0.2, 0.25) is 0 Å². The summed E-state index contributed by atoms with van der Waals surface area (Å²) in [6, 6.07) is 9.29. The van der Waals surface area contributed by atoms with E-state index in [1.54, 1.807) is 6.07 Å². The van der Waals surface area contributed by atoms with Crippen molar-refractivity contribution in [1.29, 1.82) is 0 Å². The number of hydrogen-bond donors (Lipinski definition) is 1. The first-order valence-electron chi connectivity index (χ1n) is 5.69. The number of rotatable bonds is 4. The zero-order chi connectivity index (χ0) is 13.1. The van der Waals surface area contributed by atoms with Gasteiger partial charge in [0.05, 0.1) is 11.9 Å². The van der Waals surface area contributed by atoms with Gasteiger partial charge in [-0.25, -0.2) is 4.98 Å². The molecule has 0 fully saturated rings. The Labute approximate surface area is 104 Å². The predicted molar refractivity (Wildman–Crippen MR) is 67.7 cm³/mol. The zero-order valence-electron chi connectivity index (χ0n) is 10.0. The van der Waals surface area contributed by atoms with Crippen LogP contribution in [0.5, 0.6) is 0 Å². The van der Waals surface area contributed by atoms with E-state index in [1.807, 2.05) is 31.2 Å². The van der Waals surface area contributed by atoms with Gasteiger partial charge in [0.1, 0.15) is 5.69 Å². The van der Waals surface area contributed by atoms with E-state index in [2.05, 4.69) is 4.98 Å². The van der Waals surface area contributed by atoms with Crippen molar-refractivity contribution in [3.8, 4) is 0 Å². The van der Waals surface area contributed by atoms with Crippen molar-refractivity contribution < 1.29 is 14.7 Å². The quantitative estimate of drug-likeness (QED) is 0.838. The molecule has 0 saturated heterocycles. The number of benzene rings is 1. The van der Waals surface area contributed by atoms with E-state index < -0.39 is 5.97 Å². The first kappa shape index (κ1) is 12.2. The van der Waals surface area contributed by atoms with Crippen molar-refractivity contribution in [3.05, 3.63) is 41.6 Å². The van der Waals surface area contributed by atoms with Gasteiger partial charge in [0.25, 0.3) is 0 Å². The van der Waals surface area contributed by atoms with Crippen molar-refractivity contribution in [2.24, 2.45) is 0 Å². The molecular formula is C14H13NO3. The summed E-state index contributed by atoms with van der Waals surface area (Å²) in [5.41, 5.74) is 2.07. The number of aromatic nitrogens is 1. The predicted octanol–water partition coefficient (Wildman–Crippen LogP) is 2.59. The Morgan fingerprint density at radius 3 is 2.67 bits per heavy atom. The first-order chi connectivity index (χ1) is 8.58. The van der Waals surface area contributed by atoms with E-state index >= 15 is 0 Å². The highest BCUT2D eigenvalue weighted by Gasteiger charge is 2.11. The number of carbonyl (C=O) groups excluding carboxylic acids is 1. The Morgan fingerprint density at radius 1 is 1.22 bits per heavy atom. The van der Waals surface area contributed by atoms with Gasteiger partial charge in [-0.15, -0.1) is 0 Å². The maximum absolute atomic E-state index is 11.8. The van der Waals surface area contributed by atoms with Gasteiger partial charge in [0.2, 0.25) is 0 Å². The third-order valence-corrected chi connectivity index (χ3v) is 2.77. The Morgan fingerprint density at radius 2 is 1.94 bits per heavy atom. The van der Waals surface area contributed by atoms with Crippen molar-refractivity contribution in [2.75, 3.05) is 0 Å². The minimum absolute atomic E-state index is 0.0138. The highest BCUT2D eigenvalue weighted by Crippen LogP contribution is 2.18. The standard InChI is InChI=1S/C14H13NO3/c1-9-8-12(13(16)6-7-14(17)18)15-11-5-3-2-4-10(9)11/h2-5,8H,6-7H2,1H3,(H,17,18). The van der Waals surface area contributed by atoms with Crippen LogP contribution in [0.1, 0.15) is 28.9 Å². The molecule has 18 heavy (non-hydrogen) atoms. The summed E-state index contributed by atoms with van der Waals surface area (Å²) in [7, 11) is 0. The van der Waals surface area contributed by atoms with Gasteiger partial charge >= 0.3 is 5.97 Å². The highest BCUT2D eigenvalue weighted by atomic mass is 16.4. The lowest BCUT2D eigenvalue weighted by atomic mass is 10.1. The Balaban J connectivity index is 2.34. The number of aryl methyl sites for hydroxylation is 1. The number of carboxylic acid groups (broad SMARTS) is 1. The molecule has 4 nitrogen and oxygen atoms in total. The van der Waals surface area contributed by atoms with Gasteiger partial charge in [-0.3, -0.25) is 9.59 Å². The molecule has 0 saturated carbocycles. The minimum Gasteiger partial charge on any atom is -0.481 e. The van der Waals surface area contributed by atoms with Crippen LogP contribution in [0.4, 0.5) is 0 Å². The Bertz CT molecular complexity index is 619. The lowest BCUT2D eigenvalue weighted by Gasteiger charge is -2.05. The highest BCUT2D eigenvalue weighted by molar-refractivity contribution is 5.98. The molecule has 0 amide bonds. The van der Waals surface area contributed by atoms with Crippen LogP contribution in [0.15, 0.2) is 30.3 Å². The molecule has 2 rings (SSSR count). The normalized spacial score (nSPS) is 10.5. The van der Waals surface area contributed by atoms with Gasteiger partial charge in [0.15, 0.2) is 5.78 Å². The van der Waals surface area contributed by atoms with Crippen LogP contribution in [0.3, 0.4) is 0 Å². The molecule has 1 aromatic carbocycles. The molecular weight excluding hydrogens is 230 g/mol. The van der Waals surface area contributed by atoms with Gasteiger partial charge < -0.3 is 5.11 Å². The fraction of sp³-hybridized carbons (Fsp3) is 0.214. The summed E-state index contributed by atoms with van der Waals surface area (Å²) in [6.07, 6.45) is -0.174. The van der Waals surface area contributed by atoms with E-state index in [-0.39, 0.29) is 18.6 Å². The first-order valence-corrected chi connectivity index (χ1v) is 5.69. The maximum Gasteiger partial charge on any atom is 0.303 e. The van der Waals surface area contributed by atoms with Crippen LogP contribution in [0.25, 0.3) is 10.9 Å². The van der Waals surface area contributed by atoms with E-state index in [0.717, 1.165) is 16.5 Å². The second-order valence-electron chi connectivity index (χ2n) is 4.16. The SMILES string of the molecule is Cc1cc(C(=O)CCC(=O)O)nc2ccccc12. The van der Waals surface area contributed by atoms with Gasteiger partial charge in [0, 0.05) is 11.8 Å². The molecule has 0 atom stereocenters. The summed E-state index contributed by atoms with van der Waals surface area (Å²) in [5.74, 6) is -1.20. The smallest absolute Gasteiger partial charge is 0.303 e. The van der Waals surface area contributed by atoms with Crippen LogP contribution >= 0.6 is 0 Å². The fourth-order valence-corrected chi connectivity index (χ4v) is 1.84. The topological polar surface area (TPSA) is 67.3 Å². The van der Waals surface area contributed by atoms with Crippen LogP contribution < -0.4 is 0 Å². The van der Waals surface area contributed by atoms with Crippen LogP contribution in [-0.4, -0.2) is 21.8 Å². The number of para-hydroxylation sites is 1. The van der Waals surface area contributed by atoms with Crippen molar-refractivity contribution in [1.82, 2.24) is 4.98 Å². The number of fused-ring (bicyclic) bond motifs is 1. The molecule has 4 heteroatoms. The number of pyridine rings is 1. The third-order valence-electron chi connectivity index (χ3n) is 2.77. The van der Waals surface area contributed by atoms with Gasteiger partial charge in [-0.1, -0.05) is 18.2 Å². The summed E-state index contributed by atoms with van der Waals surface area (Å²) in [6.45, 7) is 1.91. The van der Waals surface area contributed by atoms with E-state index in [0.29, 0.717) is 5.69 Å². The molecule has 1 heterocycles. The number of ketones is 1. The molecule has 92 valence electrons. The lowest BCUT2D eigenvalue weighted by Crippen LogP contribution is -2.06. The molecule has 0 aliphatic rings. The van der Waals surface area contributed by atoms with Gasteiger partial charge in [-0.05, 0) is 24.6 Å². The van der Waals surface area contributed by atoms with Gasteiger partial charge in [-0.2, -0.15) is 0 Å². The second kappa shape index (κ2) is 4.96. The maximum atomic E-state index is 11.8. The van der Waals surface area contributed by atoms with Crippen molar-refractivity contribution in [2.45, 2.75) is 19.8 Å². The molecule has 0 bridgehead atoms. The summed E-state index contributed by atoms with van der Waals surface area (Å²) < 4.78 is 0. The number of hydrogen-bond acceptors (Lipinski definition) is 3. The average molecular weight is 243 g/mol. The van der Waals surface area contributed by atoms with Crippen molar-refractivity contribution >= 4 is 22.7 Å². The summed E-state index contributed by atoms with van der Waals surface area (Å²) >= 11 is 0. The number of aliphatic carboxylic acids is 1. The molecule has 1 aromatic heterocycles. The minimum atomic E-state index is -0.971. The molecule has 0 radical (unpaired) electrons.